The highest BCUT2D eigenvalue weighted by Gasteiger charge is 1.99. The minimum absolute atomic E-state index is 0.764. The molecule has 0 unspecified atom stereocenters. The summed E-state index contributed by atoms with van der Waals surface area (Å²) in [5, 5.41) is 3.22. The molecule has 1 N–H and O–H groups in total. The van der Waals surface area contributed by atoms with Crippen molar-refractivity contribution in [3.05, 3.63) is 40.7 Å². The quantitative estimate of drug-likeness (QED) is 0.936. The zero-order valence-corrected chi connectivity index (χ0v) is 10.5. The topological polar surface area (TPSA) is 51.0 Å². The van der Waals surface area contributed by atoms with Gasteiger partial charge in [-0.2, -0.15) is 0 Å². The summed E-state index contributed by atoms with van der Waals surface area (Å²) in [6, 6.07) is 5.76. The lowest BCUT2D eigenvalue weighted by Crippen LogP contribution is -2.06. The molecule has 0 aliphatic heterocycles. The monoisotopic (exact) mass is 281 g/mol. The number of furan rings is 1. The molecule has 0 aliphatic rings. The van der Waals surface area contributed by atoms with Crippen LogP contribution in [0.25, 0.3) is 0 Å². The molecule has 0 aliphatic carbocycles. The molecule has 84 valence electrons. The van der Waals surface area contributed by atoms with E-state index in [2.05, 4.69) is 31.2 Å². The minimum Gasteiger partial charge on any atom is -0.454 e. The van der Waals surface area contributed by atoms with Crippen LogP contribution in [0.3, 0.4) is 0 Å². The van der Waals surface area contributed by atoms with Gasteiger partial charge in [0.05, 0.1) is 0 Å². The summed E-state index contributed by atoms with van der Waals surface area (Å²) >= 11 is 3.27. The maximum atomic E-state index is 5.39. The maximum absolute atomic E-state index is 5.39. The molecule has 2 aromatic rings. The largest absolute Gasteiger partial charge is 0.454 e. The predicted molar refractivity (Wildman–Crippen MR) is 65.4 cm³/mol. The Morgan fingerprint density at radius 2 is 2.25 bits per heavy atom. The average molecular weight is 282 g/mol. The van der Waals surface area contributed by atoms with Crippen molar-refractivity contribution in [1.29, 1.82) is 0 Å². The fourth-order valence-electron chi connectivity index (χ4n) is 1.35. The first-order valence-electron chi connectivity index (χ1n) is 5.01. The van der Waals surface area contributed by atoms with Crippen molar-refractivity contribution < 1.29 is 4.42 Å². The van der Waals surface area contributed by atoms with Gasteiger partial charge in [0.25, 0.3) is 0 Å². The smallest absolute Gasteiger partial charge is 0.169 e. The molecular formula is C11H12BrN3O. The summed E-state index contributed by atoms with van der Waals surface area (Å²) in [5.74, 6) is 1.79. The van der Waals surface area contributed by atoms with Gasteiger partial charge in [0.2, 0.25) is 0 Å². The molecule has 0 radical (unpaired) electrons. The highest BCUT2D eigenvalue weighted by atomic mass is 79.9. The van der Waals surface area contributed by atoms with E-state index in [4.69, 9.17) is 4.42 Å². The number of hydrogen-bond acceptors (Lipinski definition) is 4. The molecule has 0 saturated carbocycles. The van der Waals surface area contributed by atoms with Gasteiger partial charge in [-0.1, -0.05) is 0 Å². The molecule has 5 heteroatoms. The molecule has 16 heavy (non-hydrogen) atoms. The first-order chi connectivity index (χ1) is 7.74. The molecule has 0 saturated heterocycles. The summed E-state index contributed by atoms with van der Waals surface area (Å²) in [7, 11) is 0. The lowest BCUT2D eigenvalue weighted by atomic mass is 10.3. The third kappa shape index (κ3) is 3.06. The van der Waals surface area contributed by atoms with Crippen LogP contribution in [0.5, 0.6) is 0 Å². The van der Waals surface area contributed by atoms with Crippen LogP contribution in [-0.2, 0) is 6.42 Å². The Morgan fingerprint density at radius 1 is 1.38 bits per heavy atom. The SMILES string of the molecule is Cc1cc(NCCc2ccc(Br)o2)ncn1. The van der Waals surface area contributed by atoms with E-state index in [1.807, 2.05) is 25.1 Å². The summed E-state index contributed by atoms with van der Waals surface area (Å²) < 4.78 is 6.15. The van der Waals surface area contributed by atoms with Crippen molar-refractivity contribution in [1.82, 2.24) is 9.97 Å². The van der Waals surface area contributed by atoms with E-state index >= 15 is 0 Å². The van der Waals surface area contributed by atoms with Crippen molar-refractivity contribution in [3.8, 4) is 0 Å². The van der Waals surface area contributed by atoms with Gasteiger partial charge in [0.15, 0.2) is 4.67 Å². The van der Waals surface area contributed by atoms with Crippen molar-refractivity contribution in [2.24, 2.45) is 0 Å². The number of nitrogens with one attached hydrogen (secondary N) is 1. The van der Waals surface area contributed by atoms with Gasteiger partial charge in [-0.05, 0) is 35.0 Å². The van der Waals surface area contributed by atoms with Crippen LogP contribution in [0.4, 0.5) is 5.82 Å². The Kier molecular flexibility index (Phi) is 3.56. The highest BCUT2D eigenvalue weighted by molar-refractivity contribution is 9.10. The molecule has 2 aromatic heterocycles. The second kappa shape index (κ2) is 5.12. The fourth-order valence-corrected chi connectivity index (χ4v) is 1.69. The Hall–Kier alpha value is -1.36. The molecule has 0 spiro atoms. The van der Waals surface area contributed by atoms with Gasteiger partial charge in [-0.15, -0.1) is 0 Å². The van der Waals surface area contributed by atoms with E-state index < -0.39 is 0 Å². The average Bonchev–Trinajstić information content (AvgIpc) is 2.64. The van der Waals surface area contributed by atoms with Crippen molar-refractivity contribution in [3.63, 3.8) is 0 Å². The summed E-state index contributed by atoms with van der Waals surface area (Å²) in [6.45, 7) is 2.73. The molecular weight excluding hydrogens is 270 g/mol. The lowest BCUT2D eigenvalue weighted by Gasteiger charge is -2.03. The van der Waals surface area contributed by atoms with E-state index in [1.54, 1.807) is 6.33 Å². The van der Waals surface area contributed by atoms with E-state index in [1.165, 1.54) is 0 Å². The van der Waals surface area contributed by atoms with E-state index in [9.17, 15) is 0 Å². The zero-order valence-electron chi connectivity index (χ0n) is 8.90. The highest BCUT2D eigenvalue weighted by Crippen LogP contribution is 2.14. The molecule has 2 heterocycles. The van der Waals surface area contributed by atoms with Crippen molar-refractivity contribution in [2.75, 3.05) is 11.9 Å². The van der Waals surface area contributed by atoms with Crippen LogP contribution in [0.15, 0.2) is 33.6 Å². The van der Waals surface area contributed by atoms with Crippen LogP contribution in [0.2, 0.25) is 0 Å². The predicted octanol–water partition coefficient (Wildman–Crippen LogP) is 2.80. The third-order valence-electron chi connectivity index (χ3n) is 2.11. The van der Waals surface area contributed by atoms with Gasteiger partial charge in [0, 0.05) is 24.7 Å². The van der Waals surface area contributed by atoms with E-state index in [-0.39, 0.29) is 0 Å². The number of aromatic nitrogens is 2. The summed E-state index contributed by atoms with van der Waals surface area (Å²) in [5.41, 5.74) is 0.957. The number of hydrogen-bond donors (Lipinski definition) is 1. The van der Waals surface area contributed by atoms with Crippen LogP contribution in [-0.4, -0.2) is 16.5 Å². The first kappa shape index (κ1) is 11.1. The van der Waals surface area contributed by atoms with E-state index in [0.29, 0.717) is 0 Å². The Morgan fingerprint density at radius 3 is 2.94 bits per heavy atom. The minimum atomic E-state index is 0.764. The summed E-state index contributed by atoms with van der Waals surface area (Å²) in [4.78, 5) is 8.15. The maximum Gasteiger partial charge on any atom is 0.169 e. The van der Waals surface area contributed by atoms with Crippen LogP contribution >= 0.6 is 15.9 Å². The van der Waals surface area contributed by atoms with Crippen LogP contribution in [0, 0.1) is 6.92 Å². The lowest BCUT2D eigenvalue weighted by molar-refractivity contribution is 0.491. The Bertz CT molecular complexity index is 470. The molecule has 4 nitrogen and oxygen atoms in total. The molecule has 2 rings (SSSR count). The van der Waals surface area contributed by atoms with Crippen LogP contribution in [0.1, 0.15) is 11.5 Å². The van der Waals surface area contributed by atoms with Gasteiger partial charge in [-0.25, -0.2) is 9.97 Å². The van der Waals surface area contributed by atoms with Gasteiger partial charge >= 0.3 is 0 Å². The number of anilines is 1. The zero-order chi connectivity index (χ0) is 11.4. The number of rotatable bonds is 4. The van der Waals surface area contributed by atoms with E-state index in [0.717, 1.165) is 34.9 Å². The third-order valence-corrected chi connectivity index (χ3v) is 2.54. The van der Waals surface area contributed by atoms with Gasteiger partial charge in [0.1, 0.15) is 17.9 Å². The second-order valence-electron chi connectivity index (χ2n) is 3.43. The second-order valence-corrected chi connectivity index (χ2v) is 4.21. The Balaban J connectivity index is 1.84. The molecule has 0 atom stereocenters. The first-order valence-corrected chi connectivity index (χ1v) is 5.80. The fraction of sp³-hybridized carbons (Fsp3) is 0.273. The molecule has 0 aromatic carbocycles. The number of nitrogens with zero attached hydrogens (tertiary/aromatic N) is 2. The number of aryl methyl sites for hydroxylation is 1. The molecule has 0 fully saturated rings. The normalized spacial score (nSPS) is 10.4. The van der Waals surface area contributed by atoms with Crippen molar-refractivity contribution >= 4 is 21.7 Å². The van der Waals surface area contributed by atoms with Crippen LogP contribution < -0.4 is 5.32 Å². The standard InChI is InChI=1S/C11H12BrN3O/c1-8-6-11(15-7-14-8)13-5-4-9-2-3-10(12)16-9/h2-3,6-7H,4-5H2,1H3,(H,13,14,15). The number of halogens is 1. The van der Waals surface area contributed by atoms with Gasteiger partial charge < -0.3 is 9.73 Å². The molecule has 0 amide bonds. The van der Waals surface area contributed by atoms with Gasteiger partial charge in [-0.3, -0.25) is 0 Å². The van der Waals surface area contributed by atoms with Crippen molar-refractivity contribution in [2.45, 2.75) is 13.3 Å². The Labute approximate surface area is 102 Å². The summed E-state index contributed by atoms with van der Waals surface area (Å²) in [6.07, 6.45) is 2.38. The molecule has 0 bridgehead atoms.